The summed E-state index contributed by atoms with van der Waals surface area (Å²) in [5, 5.41) is 10.6. The van der Waals surface area contributed by atoms with Gasteiger partial charge in [0.05, 0.1) is 12.7 Å². The minimum absolute atomic E-state index is 0.0778. The van der Waals surface area contributed by atoms with Crippen LogP contribution >= 0.6 is 0 Å². The van der Waals surface area contributed by atoms with Crippen LogP contribution in [0.5, 0.6) is 5.75 Å². The number of ether oxygens (including phenoxy) is 1. The second kappa shape index (κ2) is 8.57. The lowest BCUT2D eigenvalue weighted by Gasteiger charge is -2.23. The first-order valence-corrected chi connectivity index (χ1v) is 8.71. The van der Waals surface area contributed by atoms with Crippen LogP contribution in [0.15, 0.2) is 18.2 Å². The molecule has 0 amide bonds. The van der Waals surface area contributed by atoms with Gasteiger partial charge in [-0.2, -0.15) is 0 Å². The van der Waals surface area contributed by atoms with Gasteiger partial charge in [-0.3, -0.25) is 0 Å². The van der Waals surface area contributed by atoms with Gasteiger partial charge in [0.15, 0.2) is 0 Å². The summed E-state index contributed by atoms with van der Waals surface area (Å²) >= 11 is 0. The molecule has 126 valence electrons. The van der Waals surface area contributed by atoms with Crippen LogP contribution in [0.2, 0.25) is 0 Å². The summed E-state index contributed by atoms with van der Waals surface area (Å²) in [6.45, 7) is 13.9. The highest BCUT2D eigenvalue weighted by Gasteiger charge is 2.20. The van der Waals surface area contributed by atoms with Crippen LogP contribution in [-0.2, 0) is 5.41 Å². The predicted octanol–water partition coefficient (Wildman–Crippen LogP) is 5.63. The van der Waals surface area contributed by atoms with Crippen LogP contribution in [0, 0.1) is 5.92 Å². The lowest BCUT2D eigenvalue weighted by Crippen LogP contribution is -2.13. The van der Waals surface area contributed by atoms with E-state index in [1.165, 1.54) is 5.56 Å². The van der Waals surface area contributed by atoms with E-state index in [9.17, 15) is 5.11 Å². The molecule has 2 heteroatoms. The fourth-order valence-electron chi connectivity index (χ4n) is 2.38. The summed E-state index contributed by atoms with van der Waals surface area (Å²) in [5.74, 6) is 1.45. The Bertz CT molecular complexity index is 444. The zero-order chi connectivity index (χ0) is 16.8. The number of rotatable bonds is 8. The van der Waals surface area contributed by atoms with Crippen LogP contribution in [0.1, 0.15) is 84.5 Å². The minimum Gasteiger partial charge on any atom is -0.493 e. The van der Waals surface area contributed by atoms with Crippen molar-refractivity contribution in [1.82, 2.24) is 0 Å². The monoisotopic (exact) mass is 306 g/mol. The number of unbranched alkanes of at least 4 members (excludes halogenated alkanes) is 1. The molecule has 0 aromatic heterocycles. The molecule has 0 spiro atoms. The van der Waals surface area contributed by atoms with Gasteiger partial charge in [0.1, 0.15) is 5.75 Å². The number of hydrogen-bond acceptors (Lipinski definition) is 2. The maximum atomic E-state index is 10.6. The summed E-state index contributed by atoms with van der Waals surface area (Å²) in [6.07, 6.45) is 3.53. The third-order valence-corrected chi connectivity index (χ3v) is 4.01. The molecule has 0 aliphatic carbocycles. The van der Waals surface area contributed by atoms with Gasteiger partial charge in [-0.25, -0.2) is 0 Å². The minimum atomic E-state index is -0.443. The number of aliphatic hydroxyl groups excluding tert-OH is 1. The van der Waals surface area contributed by atoms with E-state index in [1.54, 1.807) is 0 Å². The first kappa shape index (κ1) is 19.0. The highest BCUT2D eigenvalue weighted by Crippen LogP contribution is 2.34. The van der Waals surface area contributed by atoms with Crippen LogP contribution in [0.25, 0.3) is 0 Å². The maximum Gasteiger partial charge on any atom is 0.125 e. The Morgan fingerprint density at radius 2 is 1.82 bits per heavy atom. The smallest absolute Gasteiger partial charge is 0.125 e. The number of benzene rings is 1. The molecule has 1 aromatic carbocycles. The van der Waals surface area contributed by atoms with E-state index >= 15 is 0 Å². The van der Waals surface area contributed by atoms with Gasteiger partial charge < -0.3 is 9.84 Å². The molecule has 0 saturated heterocycles. The van der Waals surface area contributed by atoms with Crippen molar-refractivity contribution in [2.75, 3.05) is 6.61 Å². The standard InChI is InChI=1S/C20H34O2/c1-7-8-13-22-19-12-10-16(20(4,5)6)14-17(19)18(21)11-9-15(2)3/h10,12,14-15,18,21H,7-9,11,13H2,1-6H3. The molecule has 0 heterocycles. The lowest BCUT2D eigenvalue weighted by molar-refractivity contribution is 0.153. The van der Waals surface area contributed by atoms with Crippen molar-refractivity contribution < 1.29 is 9.84 Å². The van der Waals surface area contributed by atoms with E-state index in [0.717, 1.165) is 43.6 Å². The molecule has 0 radical (unpaired) electrons. The predicted molar refractivity (Wildman–Crippen MR) is 94.6 cm³/mol. The lowest BCUT2D eigenvalue weighted by atomic mass is 9.85. The second-order valence-corrected chi connectivity index (χ2v) is 7.69. The normalized spacial score (nSPS) is 13.5. The molecule has 22 heavy (non-hydrogen) atoms. The zero-order valence-electron chi connectivity index (χ0n) is 15.3. The number of hydrogen-bond donors (Lipinski definition) is 1. The molecule has 0 bridgehead atoms. The topological polar surface area (TPSA) is 29.5 Å². The summed E-state index contributed by atoms with van der Waals surface area (Å²) in [5.41, 5.74) is 2.27. The molecular weight excluding hydrogens is 272 g/mol. The fourth-order valence-corrected chi connectivity index (χ4v) is 2.38. The molecule has 1 atom stereocenters. The summed E-state index contributed by atoms with van der Waals surface area (Å²) < 4.78 is 5.91. The molecule has 2 nitrogen and oxygen atoms in total. The first-order chi connectivity index (χ1) is 10.3. The van der Waals surface area contributed by atoms with Gasteiger partial charge in [0.25, 0.3) is 0 Å². The van der Waals surface area contributed by atoms with Crippen molar-refractivity contribution in [3.05, 3.63) is 29.3 Å². The molecular formula is C20H34O2. The maximum absolute atomic E-state index is 10.6. The zero-order valence-corrected chi connectivity index (χ0v) is 15.3. The average Bonchev–Trinajstić information content (AvgIpc) is 2.44. The first-order valence-electron chi connectivity index (χ1n) is 8.71. The largest absolute Gasteiger partial charge is 0.493 e. The molecule has 0 saturated carbocycles. The van der Waals surface area contributed by atoms with Gasteiger partial charge in [0.2, 0.25) is 0 Å². The van der Waals surface area contributed by atoms with E-state index < -0.39 is 6.10 Å². The third-order valence-electron chi connectivity index (χ3n) is 4.01. The second-order valence-electron chi connectivity index (χ2n) is 7.69. The van der Waals surface area contributed by atoms with Gasteiger partial charge in [-0.05, 0) is 48.3 Å². The van der Waals surface area contributed by atoms with E-state index in [1.807, 2.05) is 6.07 Å². The van der Waals surface area contributed by atoms with Gasteiger partial charge in [-0.1, -0.05) is 54.0 Å². The van der Waals surface area contributed by atoms with Crippen LogP contribution < -0.4 is 4.74 Å². The summed E-state index contributed by atoms with van der Waals surface area (Å²) in [7, 11) is 0. The average molecular weight is 306 g/mol. The highest BCUT2D eigenvalue weighted by atomic mass is 16.5. The van der Waals surface area contributed by atoms with E-state index in [2.05, 4.69) is 53.7 Å². The molecule has 1 unspecified atom stereocenters. The van der Waals surface area contributed by atoms with Gasteiger partial charge in [-0.15, -0.1) is 0 Å². The van der Waals surface area contributed by atoms with Crippen LogP contribution in [0.4, 0.5) is 0 Å². The molecule has 1 N–H and O–H groups in total. The Balaban J connectivity index is 2.99. The van der Waals surface area contributed by atoms with Crippen molar-refractivity contribution in [2.24, 2.45) is 5.92 Å². The Morgan fingerprint density at radius 1 is 1.14 bits per heavy atom. The molecule has 0 aliphatic rings. The van der Waals surface area contributed by atoms with Crippen LogP contribution in [-0.4, -0.2) is 11.7 Å². The van der Waals surface area contributed by atoms with Crippen molar-refractivity contribution in [1.29, 1.82) is 0 Å². The molecule has 1 aromatic rings. The van der Waals surface area contributed by atoms with Crippen molar-refractivity contribution in [3.63, 3.8) is 0 Å². The summed E-state index contributed by atoms with van der Waals surface area (Å²) in [4.78, 5) is 0. The summed E-state index contributed by atoms with van der Waals surface area (Å²) in [6, 6.07) is 6.29. The van der Waals surface area contributed by atoms with Crippen molar-refractivity contribution >= 4 is 0 Å². The Hall–Kier alpha value is -1.02. The van der Waals surface area contributed by atoms with E-state index in [4.69, 9.17) is 4.74 Å². The number of aliphatic hydroxyl groups is 1. The molecule has 0 aliphatic heterocycles. The van der Waals surface area contributed by atoms with Crippen molar-refractivity contribution in [2.45, 2.75) is 78.7 Å². The van der Waals surface area contributed by atoms with Crippen molar-refractivity contribution in [3.8, 4) is 5.75 Å². The van der Waals surface area contributed by atoms with Gasteiger partial charge >= 0.3 is 0 Å². The van der Waals surface area contributed by atoms with E-state index in [0.29, 0.717) is 5.92 Å². The quantitative estimate of drug-likeness (QED) is 0.630. The van der Waals surface area contributed by atoms with E-state index in [-0.39, 0.29) is 5.41 Å². The Morgan fingerprint density at radius 3 is 2.36 bits per heavy atom. The van der Waals surface area contributed by atoms with Crippen LogP contribution in [0.3, 0.4) is 0 Å². The Kier molecular flexibility index (Phi) is 7.41. The SMILES string of the molecule is CCCCOc1ccc(C(C)(C)C)cc1C(O)CCC(C)C. The third kappa shape index (κ3) is 6.00. The van der Waals surface area contributed by atoms with Gasteiger partial charge in [0, 0.05) is 5.56 Å². The highest BCUT2D eigenvalue weighted by molar-refractivity contribution is 5.41. The molecule has 0 fully saturated rings. The molecule has 1 rings (SSSR count). The fraction of sp³-hybridized carbons (Fsp3) is 0.700. The Labute approximate surface area is 136 Å².